The normalized spacial score (nSPS) is 18.6. The SMILES string of the molecule is COc1cccc(CC2CN(C(=O)c3cc4c(nc3OC)CCC4)CCO2)c1. The van der Waals surface area contributed by atoms with Crippen molar-refractivity contribution in [1.29, 1.82) is 0 Å². The Morgan fingerprint density at radius 3 is 2.96 bits per heavy atom. The van der Waals surface area contributed by atoms with E-state index in [0.29, 0.717) is 31.1 Å². The summed E-state index contributed by atoms with van der Waals surface area (Å²) in [6.45, 7) is 1.66. The van der Waals surface area contributed by atoms with Crippen molar-refractivity contribution in [3.63, 3.8) is 0 Å². The van der Waals surface area contributed by atoms with Gasteiger partial charge in [0, 0.05) is 25.2 Å². The molecule has 6 heteroatoms. The third-order valence-electron chi connectivity index (χ3n) is 5.46. The minimum absolute atomic E-state index is 0.0296. The van der Waals surface area contributed by atoms with Crippen molar-refractivity contribution in [2.45, 2.75) is 31.8 Å². The van der Waals surface area contributed by atoms with Gasteiger partial charge >= 0.3 is 0 Å². The van der Waals surface area contributed by atoms with Crippen LogP contribution in [0.15, 0.2) is 30.3 Å². The number of methoxy groups -OCH3 is 2. The number of hydrogen-bond acceptors (Lipinski definition) is 5. The molecule has 0 N–H and O–H groups in total. The fraction of sp³-hybridized carbons (Fsp3) is 0.455. The van der Waals surface area contributed by atoms with Crippen LogP contribution in [0.2, 0.25) is 0 Å². The maximum absolute atomic E-state index is 13.2. The Hall–Kier alpha value is -2.60. The van der Waals surface area contributed by atoms with Crippen LogP contribution in [-0.2, 0) is 24.0 Å². The molecule has 1 aliphatic carbocycles. The molecule has 1 aromatic carbocycles. The van der Waals surface area contributed by atoms with E-state index in [9.17, 15) is 4.79 Å². The summed E-state index contributed by atoms with van der Waals surface area (Å²) in [5.74, 6) is 1.23. The number of rotatable bonds is 5. The lowest BCUT2D eigenvalue weighted by Crippen LogP contribution is -2.46. The fourth-order valence-corrected chi connectivity index (χ4v) is 4.02. The molecule has 0 spiro atoms. The minimum atomic E-state index is -0.0433. The molecule has 28 heavy (non-hydrogen) atoms. The van der Waals surface area contributed by atoms with Gasteiger partial charge in [-0.3, -0.25) is 4.79 Å². The van der Waals surface area contributed by atoms with Crippen molar-refractivity contribution in [3.8, 4) is 11.6 Å². The Kier molecular flexibility index (Phi) is 5.48. The summed E-state index contributed by atoms with van der Waals surface area (Å²) in [5, 5.41) is 0. The number of aryl methyl sites for hydroxylation is 2. The molecule has 2 aromatic rings. The lowest BCUT2D eigenvalue weighted by atomic mass is 10.1. The van der Waals surface area contributed by atoms with E-state index in [4.69, 9.17) is 14.2 Å². The second kappa shape index (κ2) is 8.19. The fourth-order valence-electron chi connectivity index (χ4n) is 4.02. The largest absolute Gasteiger partial charge is 0.497 e. The molecule has 1 amide bonds. The number of morpholine rings is 1. The summed E-state index contributed by atoms with van der Waals surface area (Å²) >= 11 is 0. The first kappa shape index (κ1) is 18.7. The van der Waals surface area contributed by atoms with Gasteiger partial charge in [0.15, 0.2) is 0 Å². The molecule has 4 rings (SSSR count). The zero-order valence-corrected chi connectivity index (χ0v) is 16.4. The number of pyridine rings is 1. The molecule has 1 aliphatic heterocycles. The van der Waals surface area contributed by atoms with Gasteiger partial charge in [-0.2, -0.15) is 0 Å². The van der Waals surface area contributed by atoms with Crippen LogP contribution >= 0.6 is 0 Å². The van der Waals surface area contributed by atoms with Gasteiger partial charge in [-0.15, -0.1) is 0 Å². The molecule has 0 saturated carbocycles. The third-order valence-corrected chi connectivity index (χ3v) is 5.46. The van der Waals surface area contributed by atoms with Gasteiger partial charge in [0.1, 0.15) is 11.3 Å². The summed E-state index contributed by atoms with van der Waals surface area (Å²) in [5.41, 5.74) is 3.93. The summed E-state index contributed by atoms with van der Waals surface area (Å²) in [4.78, 5) is 19.6. The molecule has 2 aliphatic rings. The molecule has 0 bridgehead atoms. The Labute approximate surface area is 165 Å². The Morgan fingerprint density at radius 1 is 1.25 bits per heavy atom. The van der Waals surface area contributed by atoms with Crippen LogP contribution in [0.4, 0.5) is 0 Å². The Balaban J connectivity index is 1.49. The Bertz CT molecular complexity index is 868. The highest BCUT2D eigenvalue weighted by Gasteiger charge is 2.29. The summed E-state index contributed by atoms with van der Waals surface area (Å²) in [6.07, 6.45) is 3.72. The molecule has 148 valence electrons. The lowest BCUT2D eigenvalue weighted by molar-refractivity contribution is -0.0209. The van der Waals surface area contributed by atoms with Gasteiger partial charge in [-0.25, -0.2) is 4.98 Å². The number of benzene rings is 1. The molecule has 1 aromatic heterocycles. The van der Waals surface area contributed by atoms with Gasteiger partial charge in [-0.05, 0) is 48.6 Å². The van der Waals surface area contributed by atoms with E-state index >= 15 is 0 Å². The topological polar surface area (TPSA) is 60.9 Å². The molecule has 2 heterocycles. The highest BCUT2D eigenvalue weighted by atomic mass is 16.5. The number of carbonyl (C=O) groups is 1. The zero-order valence-electron chi connectivity index (χ0n) is 16.4. The van der Waals surface area contributed by atoms with Gasteiger partial charge in [-0.1, -0.05) is 12.1 Å². The molecule has 0 radical (unpaired) electrons. The number of nitrogens with zero attached hydrogens (tertiary/aromatic N) is 2. The predicted octanol–water partition coefficient (Wildman–Crippen LogP) is 2.67. The lowest BCUT2D eigenvalue weighted by Gasteiger charge is -2.33. The first-order valence-corrected chi connectivity index (χ1v) is 9.78. The Morgan fingerprint density at radius 2 is 2.14 bits per heavy atom. The van der Waals surface area contributed by atoms with Crippen LogP contribution in [-0.4, -0.2) is 55.8 Å². The van der Waals surface area contributed by atoms with Crippen molar-refractivity contribution in [3.05, 3.63) is 52.7 Å². The first-order chi connectivity index (χ1) is 13.7. The van der Waals surface area contributed by atoms with Crippen molar-refractivity contribution < 1.29 is 19.0 Å². The van der Waals surface area contributed by atoms with Crippen LogP contribution < -0.4 is 9.47 Å². The highest BCUT2D eigenvalue weighted by Crippen LogP contribution is 2.28. The third kappa shape index (κ3) is 3.83. The van der Waals surface area contributed by atoms with E-state index in [1.54, 1.807) is 14.2 Å². The molecule has 1 saturated heterocycles. The molecule has 1 unspecified atom stereocenters. The minimum Gasteiger partial charge on any atom is -0.497 e. The van der Waals surface area contributed by atoms with E-state index in [0.717, 1.165) is 42.7 Å². The molecular formula is C22H26N2O4. The van der Waals surface area contributed by atoms with Crippen LogP contribution in [0, 0.1) is 0 Å². The number of fused-ring (bicyclic) bond motifs is 1. The summed E-state index contributed by atoms with van der Waals surface area (Å²) in [7, 11) is 3.24. The quantitative estimate of drug-likeness (QED) is 0.796. The summed E-state index contributed by atoms with van der Waals surface area (Å²) < 4.78 is 16.6. The molecule has 6 nitrogen and oxygen atoms in total. The second-order valence-corrected chi connectivity index (χ2v) is 7.30. The van der Waals surface area contributed by atoms with Gasteiger partial charge in [0.2, 0.25) is 5.88 Å². The maximum atomic E-state index is 13.2. The van der Waals surface area contributed by atoms with E-state index in [1.807, 2.05) is 29.2 Å². The number of ether oxygens (including phenoxy) is 3. The van der Waals surface area contributed by atoms with Crippen LogP contribution in [0.3, 0.4) is 0 Å². The second-order valence-electron chi connectivity index (χ2n) is 7.30. The van der Waals surface area contributed by atoms with Gasteiger partial charge in [0.05, 0.1) is 26.9 Å². The number of hydrogen-bond donors (Lipinski definition) is 0. The molecule has 1 fully saturated rings. The highest BCUT2D eigenvalue weighted by molar-refractivity contribution is 5.96. The summed E-state index contributed by atoms with van der Waals surface area (Å²) in [6, 6.07) is 9.94. The van der Waals surface area contributed by atoms with Crippen molar-refractivity contribution in [2.24, 2.45) is 0 Å². The number of carbonyl (C=O) groups excluding carboxylic acids is 1. The van der Waals surface area contributed by atoms with Crippen LogP contribution in [0.25, 0.3) is 0 Å². The van der Waals surface area contributed by atoms with E-state index in [2.05, 4.69) is 11.1 Å². The van der Waals surface area contributed by atoms with Crippen molar-refractivity contribution >= 4 is 5.91 Å². The van der Waals surface area contributed by atoms with E-state index in [-0.39, 0.29) is 12.0 Å². The van der Waals surface area contributed by atoms with Crippen molar-refractivity contribution in [2.75, 3.05) is 33.9 Å². The number of aromatic nitrogens is 1. The average molecular weight is 382 g/mol. The smallest absolute Gasteiger partial charge is 0.259 e. The monoisotopic (exact) mass is 382 g/mol. The maximum Gasteiger partial charge on any atom is 0.259 e. The number of amides is 1. The van der Waals surface area contributed by atoms with Crippen LogP contribution in [0.5, 0.6) is 11.6 Å². The van der Waals surface area contributed by atoms with Crippen molar-refractivity contribution in [1.82, 2.24) is 9.88 Å². The van der Waals surface area contributed by atoms with Crippen LogP contribution in [0.1, 0.15) is 33.6 Å². The van der Waals surface area contributed by atoms with E-state index in [1.165, 1.54) is 5.56 Å². The first-order valence-electron chi connectivity index (χ1n) is 9.78. The van der Waals surface area contributed by atoms with E-state index < -0.39 is 0 Å². The molecule has 1 atom stereocenters. The standard InChI is InChI=1S/C22H26N2O4/c1-26-17-7-3-5-15(11-17)12-18-14-24(9-10-28-18)22(25)19-13-16-6-4-8-20(16)23-21(19)27-2/h3,5,7,11,13,18H,4,6,8-10,12,14H2,1-2H3. The van der Waals surface area contributed by atoms with Gasteiger partial charge in [0.25, 0.3) is 5.91 Å². The predicted molar refractivity (Wildman–Crippen MR) is 105 cm³/mol. The van der Waals surface area contributed by atoms with Gasteiger partial charge < -0.3 is 19.1 Å². The molecular weight excluding hydrogens is 356 g/mol. The zero-order chi connectivity index (χ0) is 19.5. The average Bonchev–Trinajstić information content (AvgIpc) is 3.20.